The Labute approximate surface area is 48.4 Å². The van der Waals surface area contributed by atoms with Crippen LogP contribution in [0.4, 0.5) is 0 Å². The zero-order valence-corrected chi connectivity index (χ0v) is 5.35. The van der Waals surface area contributed by atoms with Crippen LogP contribution in [0.2, 0.25) is 0 Å². The molecule has 0 fully saturated rings. The molecular formula is C3H9NO3S. The molecule has 0 aromatic heterocycles. The number of rotatable bonds is 2. The Hall–Kier alpha value is -0.130. The van der Waals surface area contributed by atoms with Crippen LogP contribution in [0.5, 0.6) is 0 Å². The van der Waals surface area contributed by atoms with Crippen molar-refractivity contribution < 1.29 is 13.0 Å². The van der Waals surface area contributed by atoms with E-state index in [9.17, 15) is 8.42 Å². The second kappa shape index (κ2) is 2.43. The summed E-state index contributed by atoms with van der Waals surface area (Å²) in [4.78, 5) is 0. The first-order valence-electron chi connectivity index (χ1n) is 2.12. The molecule has 0 spiro atoms. The highest BCUT2D eigenvalue weighted by atomic mass is 32.2. The fourth-order valence-electron chi connectivity index (χ4n) is 0.332. The lowest BCUT2D eigenvalue weighted by Gasteiger charge is -1.98. The Balaban J connectivity index is 3.75. The minimum Gasteiger partial charge on any atom is -0.327 e. The summed E-state index contributed by atoms with van der Waals surface area (Å²) in [5, 5.41) is 0. The maximum absolute atomic E-state index is 9.92. The fourth-order valence-corrected chi connectivity index (χ4v) is 0.997. The summed E-state index contributed by atoms with van der Waals surface area (Å²) in [6.07, 6.45) is 0. The molecule has 5 heteroatoms. The first-order valence-corrected chi connectivity index (χ1v) is 3.73. The Morgan fingerprint density at radius 3 is 2.12 bits per heavy atom. The number of hydrogen-bond acceptors (Lipinski definition) is 3. The predicted molar refractivity (Wildman–Crippen MR) is 30.1 cm³/mol. The lowest BCUT2D eigenvalue weighted by atomic mass is 10.4. The van der Waals surface area contributed by atoms with Crippen LogP contribution in [0.3, 0.4) is 0 Å². The van der Waals surface area contributed by atoms with Gasteiger partial charge in [0.25, 0.3) is 10.1 Å². The van der Waals surface area contributed by atoms with E-state index in [-0.39, 0.29) is 5.75 Å². The molecule has 0 amide bonds. The van der Waals surface area contributed by atoms with Crippen LogP contribution in [-0.4, -0.2) is 24.8 Å². The van der Waals surface area contributed by atoms with Crippen LogP contribution >= 0.6 is 0 Å². The molecule has 0 heterocycles. The molecule has 0 aliphatic carbocycles. The highest BCUT2D eigenvalue weighted by molar-refractivity contribution is 7.85. The van der Waals surface area contributed by atoms with Gasteiger partial charge in [0.1, 0.15) is 0 Å². The highest BCUT2D eigenvalue weighted by Gasteiger charge is 2.06. The lowest BCUT2D eigenvalue weighted by Crippen LogP contribution is -2.25. The van der Waals surface area contributed by atoms with Crippen molar-refractivity contribution >= 4 is 10.1 Å². The number of nitrogens with two attached hydrogens (primary N) is 1. The highest BCUT2D eigenvalue weighted by Crippen LogP contribution is 1.83. The molecule has 1 atom stereocenters. The lowest BCUT2D eigenvalue weighted by molar-refractivity contribution is 0.479. The predicted octanol–water partition coefficient (Wildman–Crippen LogP) is -0.779. The van der Waals surface area contributed by atoms with Crippen molar-refractivity contribution in [2.24, 2.45) is 5.73 Å². The largest absolute Gasteiger partial charge is 0.327 e. The molecule has 0 radical (unpaired) electrons. The van der Waals surface area contributed by atoms with Gasteiger partial charge in [0, 0.05) is 6.04 Å². The molecule has 50 valence electrons. The van der Waals surface area contributed by atoms with Crippen LogP contribution < -0.4 is 5.73 Å². The molecule has 3 N–H and O–H groups in total. The summed E-state index contributed by atoms with van der Waals surface area (Å²) in [7, 11) is -3.85. The van der Waals surface area contributed by atoms with E-state index in [0.29, 0.717) is 0 Å². The first-order chi connectivity index (χ1) is 3.42. The van der Waals surface area contributed by atoms with Crippen LogP contribution in [0.15, 0.2) is 0 Å². The molecule has 0 saturated carbocycles. The van der Waals surface area contributed by atoms with Gasteiger partial charge in [-0.15, -0.1) is 0 Å². The van der Waals surface area contributed by atoms with Crippen molar-refractivity contribution in [1.82, 2.24) is 0 Å². The van der Waals surface area contributed by atoms with E-state index in [4.69, 9.17) is 10.3 Å². The van der Waals surface area contributed by atoms with Gasteiger partial charge in [-0.1, -0.05) is 0 Å². The van der Waals surface area contributed by atoms with Gasteiger partial charge in [-0.05, 0) is 6.92 Å². The Morgan fingerprint density at radius 2 is 2.12 bits per heavy atom. The molecule has 1 unspecified atom stereocenters. The van der Waals surface area contributed by atoms with E-state index in [1.165, 1.54) is 6.92 Å². The quantitative estimate of drug-likeness (QED) is 0.492. The first kappa shape index (κ1) is 7.87. The van der Waals surface area contributed by atoms with Crippen molar-refractivity contribution in [1.29, 1.82) is 0 Å². The molecule has 0 rings (SSSR count). The van der Waals surface area contributed by atoms with E-state index in [1.54, 1.807) is 0 Å². The van der Waals surface area contributed by atoms with Crippen molar-refractivity contribution in [2.45, 2.75) is 13.0 Å². The monoisotopic (exact) mass is 139 g/mol. The van der Waals surface area contributed by atoms with Crippen molar-refractivity contribution in [3.05, 3.63) is 0 Å². The van der Waals surface area contributed by atoms with Gasteiger partial charge in [-0.2, -0.15) is 8.42 Å². The SMILES string of the molecule is CC(N)CS(=O)(=O)O. The summed E-state index contributed by atoms with van der Waals surface area (Å²) in [5.74, 6) is -0.368. The zero-order valence-electron chi connectivity index (χ0n) is 4.53. The number of hydrogen-bond donors (Lipinski definition) is 2. The smallest absolute Gasteiger partial charge is 0.266 e. The summed E-state index contributed by atoms with van der Waals surface area (Å²) in [6.45, 7) is 1.51. The molecule has 0 bridgehead atoms. The molecule has 0 saturated heterocycles. The van der Waals surface area contributed by atoms with Crippen LogP contribution in [-0.2, 0) is 10.1 Å². The molecular weight excluding hydrogens is 130 g/mol. The third-order valence-corrected chi connectivity index (χ3v) is 1.42. The van der Waals surface area contributed by atoms with Gasteiger partial charge in [0.2, 0.25) is 0 Å². The van der Waals surface area contributed by atoms with E-state index in [2.05, 4.69) is 0 Å². The molecule has 0 aliphatic rings. The second-order valence-electron chi connectivity index (χ2n) is 1.73. The average molecular weight is 139 g/mol. The zero-order chi connectivity index (χ0) is 6.78. The van der Waals surface area contributed by atoms with Crippen LogP contribution in [0.25, 0.3) is 0 Å². The average Bonchev–Trinajstić information content (AvgIpc) is 1.21. The summed E-state index contributed by atoms with van der Waals surface area (Å²) >= 11 is 0. The topological polar surface area (TPSA) is 80.4 Å². The summed E-state index contributed by atoms with van der Waals surface area (Å²) in [5.41, 5.74) is 5.04. The Kier molecular flexibility index (Phi) is 2.39. The maximum atomic E-state index is 9.92. The standard InChI is InChI=1S/C3H9NO3S/c1-3(4)2-8(5,6)7/h3H,2,4H2,1H3,(H,5,6,7). The minimum atomic E-state index is -3.85. The van der Waals surface area contributed by atoms with Gasteiger partial charge in [0.05, 0.1) is 5.75 Å². The summed E-state index contributed by atoms with van der Waals surface area (Å²) < 4.78 is 27.9. The van der Waals surface area contributed by atoms with E-state index in [1.807, 2.05) is 0 Å². The molecule has 0 aromatic carbocycles. The maximum Gasteiger partial charge on any atom is 0.266 e. The van der Waals surface area contributed by atoms with E-state index < -0.39 is 16.2 Å². The van der Waals surface area contributed by atoms with Gasteiger partial charge in [-0.3, -0.25) is 4.55 Å². The van der Waals surface area contributed by atoms with Crippen molar-refractivity contribution in [2.75, 3.05) is 5.75 Å². The molecule has 0 aromatic rings. The van der Waals surface area contributed by atoms with Crippen molar-refractivity contribution in [3.63, 3.8) is 0 Å². The normalized spacial score (nSPS) is 15.9. The molecule has 4 nitrogen and oxygen atoms in total. The second-order valence-corrected chi connectivity index (χ2v) is 3.22. The molecule has 8 heavy (non-hydrogen) atoms. The Bertz CT molecular complexity index is 148. The van der Waals surface area contributed by atoms with Crippen LogP contribution in [0.1, 0.15) is 6.92 Å². The third kappa shape index (κ3) is 5.87. The van der Waals surface area contributed by atoms with Gasteiger partial charge in [0.15, 0.2) is 0 Å². The molecule has 0 aliphatic heterocycles. The van der Waals surface area contributed by atoms with Gasteiger partial charge < -0.3 is 5.73 Å². The van der Waals surface area contributed by atoms with Crippen molar-refractivity contribution in [3.8, 4) is 0 Å². The fraction of sp³-hybridized carbons (Fsp3) is 1.00. The summed E-state index contributed by atoms with van der Waals surface area (Å²) in [6, 6.07) is -0.495. The van der Waals surface area contributed by atoms with Gasteiger partial charge >= 0.3 is 0 Å². The van der Waals surface area contributed by atoms with Gasteiger partial charge in [-0.25, -0.2) is 0 Å². The third-order valence-electron chi connectivity index (χ3n) is 0.474. The Morgan fingerprint density at radius 1 is 1.75 bits per heavy atom. The van der Waals surface area contributed by atoms with E-state index in [0.717, 1.165) is 0 Å². The minimum absolute atomic E-state index is 0.368. The van der Waals surface area contributed by atoms with Crippen LogP contribution in [0, 0.1) is 0 Å². The van der Waals surface area contributed by atoms with E-state index >= 15 is 0 Å².